The maximum Gasteiger partial charge on any atom is 0.253 e. The Bertz CT molecular complexity index is 753. The van der Waals surface area contributed by atoms with Gasteiger partial charge >= 0.3 is 0 Å². The molecule has 130 valence electrons. The number of aromatic nitrogens is 2. The summed E-state index contributed by atoms with van der Waals surface area (Å²) in [6, 6.07) is 4.26. The van der Waals surface area contributed by atoms with Crippen LogP contribution in [0.2, 0.25) is 0 Å². The van der Waals surface area contributed by atoms with Crippen LogP contribution in [0.4, 0.5) is 5.69 Å². The van der Waals surface area contributed by atoms with Gasteiger partial charge in [0, 0.05) is 37.0 Å². The fourth-order valence-electron chi connectivity index (χ4n) is 2.64. The highest BCUT2D eigenvalue weighted by molar-refractivity contribution is 5.95. The molecule has 0 spiro atoms. The first-order chi connectivity index (χ1) is 12.1. The van der Waals surface area contributed by atoms with Gasteiger partial charge in [-0.05, 0) is 24.6 Å². The van der Waals surface area contributed by atoms with Crippen molar-refractivity contribution >= 4 is 17.5 Å². The van der Waals surface area contributed by atoms with Crippen LogP contribution in [0.25, 0.3) is 0 Å². The standard InChI is InChI=1S/C17H19N5O3/c18-13-7-12(8-20-9-13)17(24)22-15-10-25-6-3-14(15)21-16(23)11-1-4-19-5-2-11/h1-2,4-5,7-9,14-15H,3,6,10,18H2,(H,21,23)(H,22,24)/t14-,15+/m0/s1. The Morgan fingerprint density at radius 1 is 1.04 bits per heavy atom. The average molecular weight is 341 g/mol. The lowest BCUT2D eigenvalue weighted by atomic mass is 10.0. The molecule has 0 unspecified atom stereocenters. The number of nitrogens with two attached hydrogens (primary N) is 1. The SMILES string of the molecule is Nc1cncc(C(=O)N[C@@H]2COCC[C@@H]2NC(=O)c2ccncc2)c1. The molecule has 2 aromatic heterocycles. The molecule has 0 aromatic carbocycles. The van der Waals surface area contributed by atoms with Gasteiger partial charge < -0.3 is 21.1 Å². The summed E-state index contributed by atoms with van der Waals surface area (Å²) in [6.07, 6.45) is 6.64. The van der Waals surface area contributed by atoms with E-state index < -0.39 is 0 Å². The van der Waals surface area contributed by atoms with E-state index >= 15 is 0 Å². The highest BCUT2D eigenvalue weighted by Crippen LogP contribution is 2.11. The number of nitrogens with one attached hydrogen (secondary N) is 2. The molecule has 0 bridgehead atoms. The summed E-state index contributed by atoms with van der Waals surface area (Å²) in [5.41, 5.74) is 6.96. The molecule has 1 fully saturated rings. The molecule has 2 amide bonds. The quantitative estimate of drug-likeness (QED) is 0.739. The van der Waals surface area contributed by atoms with E-state index in [-0.39, 0.29) is 23.9 Å². The van der Waals surface area contributed by atoms with Crippen LogP contribution < -0.4 is 16.4 Å². The molecule has 0 aliphatic carbocycles. The molecular weight excluding hydrogens is 322 g/mol. The van der Waals surface area contributed by atoms with Crippen LogP contribution >= 0.6 is 0 Å². The zero-order chi connectivity index (χ0) is 17.6. The van der Waals surface area contributed by atoms with E-state index in [4.69, 9.17) is 10.5 Å². The summed E-state index contributed by atoms with van der Waals surface area (Å²) in [6.45, 7) is 0.844. The van der Waals surface area contributed by atoms with Gasteiger partial charge in [-0.2, -0.15) is 0 Å². The number of carbonyl (C=O) groups excluding carboxylic acids is 2. The number of carbonyl (C=O) groups is 2. The van der Waals surface area contributed by atoms with Crippen LogP contribution in [0, 0.1) is 0 Å². The largest absolute Gasteiger partial charge is 0.397 e. The monoisotopic (exact) mass is 341 g/mol. The van der Waals surface area contributed by atoms with Crippen molar-refractivity contribution in [2.75, 3.05) is 18.9 Å². The van der Waals surface area contributed by atoms with Crippen molar-refractivity contribution in [2.45, 2.75) is 18.5 Å². The zero-order valence-electron chi connectivity index (χ0n) is 13.5. The summed E-state index contributed by atoms with van der Waals surface area (Å²) in [7, 11) is 0. The van der Waals surface area contributed by atoms with Gasteiger partial charge in [-0.15, -0.1) is 0 Å². The molecule has 1 saturated heterocycles. The molecule has 2 aromatic rings. The predicted molar refractivity (Wildman–Crippen MR) is 90.8 cm³/mol. The number of hydrogen-bond donors (Lipinski definition) is 3. The van der Waals surface area contributed by atoms with E-state index in [1.807, 2.05) is 0 Å². The predicted octanol–water partition coefficient (Wildman–Crippen LogP) is 0.376. The van der Waals surface area contributed by atoms with Crippen LogP contribution in [0.15, 0.2) is 43.0 Å². The number of hydrogen-bond acceptors (Lipinski definition) is 6. The molecule has 1 aliphatic rings. The second kappa shape index (κ2) is 7.71. The Kier molecular flexibility index (Phi) is 5.20. The summed E-state index contributed by atoms with van der Waals surface area (Å²) >= 11 is 0. The number of rotatable bonds is 4. The number of ether oxygens (including phenoxy) is 1. The lowest BCUT2D eigenvalue weighted by Gasteiger charge is -2.32. The van der Waals surface area contributed by atoms with E-state index in [9.17, 15) is 9.59 Å². The summed E-state index contributed by atoms with van der Waals surface area (Å²) < 4.78 is 5.44. The fourth-order valence-corrected chi connectivity index (χ4v) is 2.64. The molecule has 8 heteroatoms. The van der Waals surface area contributed by atoms with Crippen molar-refractivity contribution in [3.8, 4) is 0 Å². The number of anilines is 1. The third kappa shape index (κ3) is 4.30. The van der Waals surface area contributed by atoms with Crippen molar-refractivity contribution in [2.24, 2.45) is 0 Å². The highest BCUT2D eigenvalue weighted by atomic mass is 16.5. The summed E-state index contributed by atoms with van der Waals surface area (Å²) in [5, 5.41) is 5.83. The number of amides is 2. The number of pyridine rings is 2. The minimum absolute atomic E-state index is 0.209. The van der Waals surface area contributed by atoms with E-state index in [2.05, 4.69) is 20.6 Å². The zero-order valence-corrected chi connectivity index (χ0v) is 13.5. The van der Waals surface area contributed by atoms with Crippen LogP contribution in [-0.2, 0) is 4.74 Å². The Labute approximate surface area is 144 Å². The third-order valence-electron chi connectivity index (χ3n) is 3.95. The van der Waals surface area contributed by atoms with Crippen molar-refractivity contribution in [3.63, 3.8) is 0 Å². The van der Waals surface area contributed by atoms with Crippen molar-refractivity contribution < 1.29 is 14.3 Å². The summed E-state index contributed by atoms with van der Waals surface area (Å²) in [4.78, 5) is 32.5. The molecule has 0 saturated carbocycles. The first kappa shape index (κ1) is 16.8. The Hall–Kier alpha value is -3.00. The van der Waals surface area contributed by atoms with Crippen molar-refractivity contribution in [1.29, 1.82) is 0 Å². The molecule has 2 atom stereocenters. The van der Waals surface area contributed by atoms with Gasteiger partial charge in [0.25, 0.3) is 11.8 Å². The lowest BCUT2D eigenvalue weighted by molar-refractivity contribution is 0.0436. The normalized spacial score (nSPS) is 19.8. The lowest BCUT2D eigenvalue weighted by Crippen LogP contribution is -2.56. The summed E-state index contributed by atoms with van der Waals surface area (Å²) in [5.74, 6) is -0.516. The second-order valence-electron chi connectivity index (χ2n) is 5.77. The smallest absolute Gasteiger partial charge is 0.253 e. The molecule has 8 nitrogen and oxygen atoms in total. The fraction of sp³-hybridized carbons (Fsp3) is 0.294. The molecule has 0 radical (unpaired) electrons. The second-order valence-corrected chi connectivity index (χ2v) is 5.77. The van der Waals surface area contributed by atoms with Gasteiger partial charge in [-0.1, -0.05) is 0 Å². The molecule has 25 heavy (non-hydrogen) atoms. The maximum absolute atomic E-state index is 12.4. The van der Waals surface area contributed by atoms with E-state index in [1.165, 1.54) is 12.4 Å². The van der Waals surface area contributed by atoms with Gasteiger partial charge in [0.15, 0.2) is 0 Å². The van der Waals surface area contributed by atoms with Crippen molar-refractivity contribution in [1.82, 2.24) is 20.6 Å². The van der Waals surface area contributed by atoms with Gasteiger partial charge in [0.1, 0.15) is 0 Å². The Balaban J connectivity index is 1.66. The van der Waals surface area contributed by atoms with E-state index in [0.717, 1.165) is 0 Å². The van der Waals surface area contributed by atoms with Crippen LogP contribution in [0.1, 0.15) is 27.1 Å². The number of nitrogens with zero attached hydrogens (tertiary/aromatic N) is 2. The first-order valence-corrected chi connectivity index (χ1v) is 7.93. The first-order valence-electron chi connectivity index (χ1n) is 7.93. The Morgan fingerprint density at radius 3 is 2.52 bits per heavy atom. The average Bonchev–Trinajstić information content (AvgIpc) is 2.64. The molecule has 3 heterocycles. The third-order valence-corrected chi connectivity index (χ3v) is 3.95. The minimum atomic E-state index is -0.339. The van der Waals surface area contributed by atoms with Gasteiger partial charge in [0.2, 0.25) is 0 Å². The minimum Gasteiger partial charge on any atom is -0.397 e. The molecule has 4 N–H and O–H groups in total. The molecule has 3 rings (SSSR count). The van der Waals surface area contributed by atoms with Crippen LogP contribution in [0.5, 0.6) is 0 Å². The number of nitrogen functional groups attached to an aromatic ring is 1. The van der Waals surface area contributed by atoms with Gasteiger partial charge in [-0.3, -0.25) is 19.6 Å². The van der Waals surface area contributed by atoms with Crippen LogP contribution in [0.3, 0.4) is 0 Å². The highest BCUT2D eigenvalue weighted by Gasteiger charge is 2.29. The molecule has 1 aliphatic heterocycles. The van der Waals surface area contributed by atoms with Gasteiger partial charge in [-0.25, -0.2) is 0 Å². The topological polar surface area (TPSA) is 119 Å². The van der Waals surface area contributed by atoms with E-state index in [0.29, 0.717) is 36.4 Å². The van der Waals surface area contributed by atoms with Gasteiger partial charge in [0.05, 0.1) is 29.9 Å². The van der Waals surface area contributed by atoms with Crippen LogP contribution in [-0.4, -0.2) is 47.1 Å². The van der Waals surface area contributed by atoms with E-state index in [1.54, 1.807) is 30.6 Å². The maximum atomic E-state index is 12.4. The van der Waals surface area contributed by atoms with Crippen molar-refractivity contribution in [3.05, 3.63) is 54.1 Å². The molecular formula is C17H19N5O3. The Morgan fingerprint density at radius 2 is 1.76 bits per heavy atom.